The first-order chi connectivity index (χ1) is 16.8. The number of halogens is 3. The van der Waals surface area contributed by atoms with Crippen molar-refractivity contribution in [2.45, 2.75) is 32.0 Å². The van der Waals surface area contributed by atoms with Crippen molar-refractivity contribution >= 4 is 45.6 Å². The zero-order chi connectivity index (χ0) is 24.7. The minimum Gasteiger partial charge on any atom is -0.378 e. The average molecular weight is 519 g/mol. The Bertz CT molecular complexity index is 1360. The van der Waals surface area contributed by atoms with Gasteiger partial charge in [-0.05, 0) is 60.2 Å². The zero-order valence-corrected chi connectivity index (χ0v) is 20.6. The molecule has 0 bridgehead atoms. The molecule has 7 nitrogen and oxygen atoms in total. The Labute approximate surface area is 211 Å². The second kappa shape index (κ2) is 9.78. The molecule has 2 aromatic carbocycles. The molecule has 35 heavy (non-hydrogen) atoms. The number of H-pyrrole nitrogens is 1. The molecule has 1 aromatic heterocycles. The monoisotopic (exact) mass is 518 g/mol. The van der Waals surface area contributed by atoms with E-state index in [2.05, 4.69) is 15.6 Å². The lowest BCUT2D eigenvalue weighted by Crippen LogP contribution is -2.45. The van der Waals surface area contributed by atoms with E-state index < -0.39 is 5.82 Å². The molecule has 5 rings (SSSR count). The fraction of sp³-hybridized carbons (Fsp3) is 0.360. The van der Waals surface area contributed by atoms with Gasteiger partial charge in [0.25, 0.3) is 5.56 Å². The standard InChI is InChI=1S/C25H25Cl2FN4O3/c1-13-24-14(4-16(26)7-20(24)27)2-3-32(13)23(33)10-30-22-6-15-5-17(9-29-18-11-35-12-18)31-25(34)19(15)8-21(22)28/h4-8,13,18,29-30H,2-3,9-12H2,1H3,(H,31,34)/t13-/m0/s1. The fourth-order valence-electron chi connectivity index (χ4n) is 4.70. The number of carbonyl (C=O) groups excluding carboxylic acids is 1. The number of anilines is 1. The number of aromatic amines is 1. The first-order valence-electron chi connectivity index (χ1n) is 11.5. The zero-order valence-electron chi connectivity index (χ0n) is 19.1. The van der Waals surface area contributed by atoms with Crippen molar-refractivity contribution in [3.8, 4) is 0 Å². The molecule has 3 aromatic rings. The second-order valence-corrected chi connectivity index (χ2v) is 9.83. The van der Waals surface area contributed by atoms with E-state index >= 15 is 0 Å². The summed E-state index contributed by atoms with van der Waals surface area (Å²) >= 11 is 12.5. The number of aromatic nitrogens is 1. The lowest BCUT2D eigenvalue weighted by Gasteiger charge is -2.36. The molecule has 3 N–H and O–H groups in total. The van der Waals surface area contributed by atoms with E-state index in [1.54, 1.807) is 17.0 Å². The predicted molar refractivity (Wildman–Crippen MR) is 135 cm³/mol. The van der Waals surface area contributed by atoms with Gasteiger partial charge in [0.2, 0.25) is 5.91 Å². The summed E-state index contributed by atoms with van der Waals surface area (Å²) < 4.78 is 19.9. The number of amides is 1. The highest BCUT2D eigenvalue weighted by Gasteiger charge is 2.29. The Morgan fingerprint density at radius 3 is 2.77 bits per heavy atom. The molecule has 3 heterocycles. The summed E-state index contributed by atoms with van der Waals surface area (Å²) in [6.45, 7) is 4.11. The highest BCUT2D eigenvalue weighted by molar-refractivity contribution is 6.35. The van der Waals surface area contributed by atoms with Crippen molar-refractivity contribution in [3.05, 3.63) is 73.4 Å². The average Bonchev–Trinajstić information content (AvgIpc) is 2.77. The van der Waals surface area contributed by atoms with Crippen molar-refractivity contribution in [2.24, 2.45) is 0 Å². The fourth-order valence-corrected chi connectivity index (χ4v) is 5.39. The van der Waals surface area contributed by atoms with E-state index in [1.165, 1.54) is 6.07 Å². The Morgan fingerprint density at radius 1 is 1.23 bits per heavy atom. The van der Waals surface area contributed by atoms with E-state index in [9.17, 15) is 14.0 Å². The van der Waals surface area contributed by atoms with E-state index in [0.29, 0.717) is 53.8 Å². The van der Waals surface area contributed by atoms with Crippen LogP contribution in [0.15, 0.2) is 35.1 Å². The Morgan fingerprint density at radius 2 is 2.03 bits per heavy atom. The summed E-state index contributed by atoms with van der Waals surface area (Å²) in [4.78, 5) is 30.0. The van der Waals surface area contributed by atoms with Crippen LogP contribution in [0.25, 0.3) is 10.8 Å². The van der Waals surface area contributed by atoms with Crippen molar-refractivity contribution < 1.29 is 13.9 Å². The van der Waals surface area contributed by atoms with E-state index in [4.69, 9.17) is 27.9 Å². The number of fused-ring (bicyclic) bond motifs is 2. The van der Waals surface area contributed by atoms with Crippen molar-refractivity contribution in [1.82, 2.24) is 15.2 Å². The second-order valence-electron chi connectivity index (χ2n) is 8.99. The van der Waals surface area contributed by atoms with Gasteiger partial charge in [-0.1, -0.05) is 23.2 Å². The van der Waals surface area contributed by atoms with Gasteiger partial charge in [-0.15, -0.1) is 0 Å². The van der Waals surface area contributed by atoms with Crippen molar-refractivity contribution in [1.29, 1.82) is 0 Å². The van der Waals surface area contributed by atoms with Crippen LogP contribution in [0.3, 0.4) is 0 Å². The smallest absolute Gasteiger partial charge is 0.256 e. The van der Waals surface area contributed by atoms with Crippen LogP contribution in [-0.2, 0) is 22.5 Å². The SMILES string of the molecule is C[C@H]1c2c(Cl)cc(Cl)cc2CCN1C(=O)CNc1cc2cc(CNC3COC3)[nH]c(=O)c2cc1F. The number of nitrogens with zero attached hydrogens (tertiary/aromatic N) is 1. The van der Waals surface area contributed by atoms with Gasteiger partial charge in [0.05, 0.1) is 42.9 Å². The van der Waals surface area contributed by atoms with E-state index in [1.807, 2.05) is 19.1 Å². The molecular weight excluding hydrogens is 494 g/mol. The summed E-state index contributed by atoms with van der Waals surface area (Å²) in [6.07, 6.45) is 0.641. The van der Waals surface area contributed by atoms with Gasteiger partial charge in [0, 0.05) is 28.8 Å². The number of hydrogen-bond acceptors (Lipinski definition) is 5. The molecule has 0 saturated carbocycles. The van der Waals surface area contributed by atoms with Gasteiger partial charge in [0.15, 0.2) is 0 Å². The lowest BCUT2D eigenvalue weighted by atomic mass is 9.93. The molecule has 2 aliphatic heterocycles. The summed E-state index contributed by atoms with van der Waals surface area (Å²) in [6, 6.07) is 8.18. The Hall–Kier alpha value is -2.65. The highest BCUT2D eigenvalue weighted by atomic mass is 35.5. The van der Waals surface area contributed by atoms with Crippen LogP contribution >= 0.6 is 23.2 Å². The number of nitrogens with one attached hydrogen (secondary N) is 3. The van der Waals surface area contributed by atoms with Crippen LogP contribution in [0.5, 0.6) is 0 Å². The number of benzene rings is 2. The van der Waals surface area contributed by atoms with Crippen LogP contribution in [-0.4, -0.2) is 48.1 Å². The lowest BCUT2D eigenvalue weighted by molar-refractivity contribution is -0.131. The maximum absolute atomic E-state index is 14.8. The maximum Gasteiger partial charge on any atom is 0.256 e. The third-order valence-electron chi connectivity index (χ3n) is 6.64. The minimum atomic E-state index is -0.594. The molecule has 184 valence electrons. The van der Waals surface area contributed by atoms with Gasteiger partial charge < -0.3 is 25.3 Å². The van der Waals surface area contributed by atoms with E-state index in [-0.39, 0.29) is 41.2 Å². The number of carbonyl (C=O) groups is 1. The summed E-state index contributed by atoms with van der Waals surface area (Å²) in [7, 11) is 0. The first kappa shape index (κ1) is 24.1. The summed E-state index contributed by atoms with van der Waals surface area (Å²) in [5.41, 5.74) is 2.43. The third kappa shape index (κ3) is 4.89. The van der Waals surface area contributed by atoms with Crippen LogP contribution in [0.2, 0.25) is 10.0 Å². The van der Waals surface area contributed by atoms with Gasteiger partial charge in [0.1, 0.15) is 5.82 Å². The molecule has 1 amide bonds. The minimum absolute atomic E-state index is 0.0907. The van der Waals surface area contributed by atoms with Gasteiger partial charge in [-0.2, -0.15) is 0 Å². The third-order valence-corrected chi connectivity index (χ3v) is 7.18. The van der Waals surface area contributed by atoms with Gasteiger partial charge in [-0.25, -0.2) is 4.39 Å². The van der Waals surface area contributed by atoms with Crippen LogP contribution in [0.4, 0.5) is 10.1 Å². The van der Waals surface area contributed by atoms with Crippen LogP contribution in [0.1, 0.15) is 29.8 Å². The maximum atomic E-state index is 14.8. The Balaban J connectivity index is 1.31. The molecular formula is C25H25Cl2FN4O3. The van der Waals surface area contributed by atoms with Crippen LogP contribution < -0.4 is 16.2 Å². The summed E-state index contributed by atoms with van der Waals surface area (Å²) in [5.74, 6) is -0.768. The number of rotatable bonds is 6. The normalized spacial score (nSPS) is 17.8. The molecule has 0 aliphatic carbocycles. The van der Waals surface area contributed by atoms with Crippen molar-refractivity contribution in [3.63, 3.8) is 0 Å². The largest absolute Gasteiger partial charge is 0.378 e. The van der Waals surface area contributed by atoms with Gasteiger partial charge in [-0.3, -0.25) is 9.59 Å². The molecule has 1 fully saturated rings. The first-order valence-corrected chi connectivity index (χ1v) is 12.2. The molecule has 0 spiro atoms. The molecule has 10 heteroatoms. The quantitative estimate of drug-likeness (QED) is 0.458. The molecule has 0 unspecified atom stereocenters. The highest BCUT2D eigenvalue weighted by Crippen LogP contribution is 2.37. The van der Waals surface area contributed by atoms with E-state index in [0.717, 1.165) is 11.1 Å². The molecule has 1 saturated heterocycles. The van der Waals surface area contributed by atoms with Crippen molar-refractivity contribution in [2.75, 3.05) is 31.6 Å². The van der Waals surface area contributed by atoms with Gasteiger partial charge >= 0.3 is 0 Å². The number of pyridine rings is 1. The molecule has 1 atom stereocenters. The molecule has 0 radical (unpaired) electrons. The number of hydrogen-bond donors (Lipinski definition) is 3. The predicted octanol–water partition coefficient (Wildman–Crippen LogP) is 4.02. The number of ether oxygens (including phenoxy) is 1. The molecule has 2 aliphatic rings. The van der Waals surface area contributed by atoms with Crippen LogP contribution in [0, 0.1) is 5.82 Å². The Kier molecular flexibility index (Phi) is 6.72. The summed E-state index contributed by atoms with van der Waals surface area (Å²) in [5, 5.41) is 8.16. The topological polar surface area (TPSA) is 86.5 Å².